The standard InChI is InChI=1S/C8H9N/c9-7-6-8-4-2-1-3-5-8/h2,4,6H,1,3,5H2/b8-6-. The Balaban J connectivity index is 2.62. The third-order valence-corrected chi connectivity index (χ3v) is 1.42. The number of hydrogen-bond acceptors (Lipinski definition) is 1. The number of nitrogens with zero attached hydrogens (tertiary/aromatic N) is 1. The molecule has 1 heteroatoms. The average molecular weight is 119 g/mol. The molecule has 0 N–H and O–H groups in total. The molecule has 0 aromatic carbocycles. The molecule has 46 valence electrons. The summed E-state index contributed by atoms with van der Waals surface area (Å²) >= 11 is 0. The molecule has 1 aliphatic rings. The molecule has 9 heavy (non-hydrogen) atoms. The fourth-order valence-electron chi connectivity index (χ4n) is 0.945. The highest BCUT2D eigenvalue weighted by molar-refractivity contribution is 5.26. The van der Waals surface area contributed by atoms with E-state index in [9.17, 15) is 0 Å². The lowest BCUT2D eigenvalue weighted by Crippen LogP contribution is -1.84. The second-order valence-electron chi connectivity index (χ2n) is 2.14. The first-order valence-corrected chi connectivity index (χ1v) is 3.18. The molecule has 0 spiro atoms. The Morgan fingerprint density at radius 3 is 3.11 bits per heavy atom. The predicted octanol–water partition coefficient (Wildman–Crippen LogP) is 2.18. The Labute approximate surface area is 55.3 Å². The van der Waals surface area contributed by atoms with E-state index in [-0.39, 0.29) is 0 Å². The van der Waals surface area contributed by atoms with E-state index in [2.05, 4.69) is 6.08 Å². The number of rotatable bonds is 0. The van der Waals surface area contributed by atoms with Crippen molar-refractivity contribution in [3.63, 3.8) is 0 Å². The van der Waals surface area contributed by atoms with Crippen LogP contribution in [-0.4, -0.2) is 0 Å². The van der Waals surface area contributed by atoms with Gasteiger partial charge in [0.2, 0.25) is 0 Å². The second kappa shape index (κ2) is 3.09. The van der Waals surface area contributed by atoms with Crippen LogP contribution in [0.4, 0.5) is 0 Å². The third-order valence-electron chi connectivity index (χ3n) is 1.42. The van der Waals surface area contributed by atoms with Crippen molar-refractivity contribution in [1.29, 1.82) is 5.26 Å². The predicted molar refractivity (Wildman–Crippen MR) is 36.7 cm³/mol. The molecule has 0 aromatic heterocycles. The lowest BCUT2D eigenvalue weighted by molar-refractivity contribution is 0.821. The van der Waals surface area contributed by atoms with E-state index in [0.717, 1.165) is 6.42 Å². The molecule has 1 nitrogen and oxygen atoms in total. The Kier molecular flexibility index (Phi) is 2.09. The maximum atomic E-state index is 8.26. The smallest absolute Gasteiger partial charge is 0.0914 e. The summed E-state index contributed by atoms with van der Waals surface area (Å²) in [5.74, 6) is 0. The number of hydrogen-bond donors (Lipinski definition) is 0. The molecule has 1 aliphatic carbocycles. The van der Waals surface area contributed by atoms with Crippen LogP contribution in [0.1, 0.15) is 19.3 Å². The Hall–Kier alpha value is -1.03. The van der Waals surface area contributed by atoms with E-state index in [0.29, 0.717) is 0 Å². The summed E-state index contributed by atoms with van der Waals surface area (Å²) in [5.41, 5.74) is 1.17. The topological polar surface area (TPSA) is 23.8 Å². The molecule has 0 aliphatic heterocycles. The highest BCUT2D eigenvalue weighted by Gasteiger charge is 1.96. The Bertz CT molecular complexity index is 181. The first kappa shape index (κ1) is 6.10. The minimum Gasteiger partial charge on any atom is -0.193 e. The summed E-state index contributed by atoms with van der Waals surface area (Å²) in [5, 5.41) is 8.26. The van der Waals surface area contributed by atoms with Crippen LogP contribution in [-0.2, 0) is 0 Å². The molecule has 0 aromatic rings. The summed E-state index contributed by atoms with van der Waals surface area (Å²) in [6.07, 6.45) is 9.21. The monoisotopic (exact) mass is 119 g/mol. The van der Waals surface area contributed by atoms with Crippen LogP contribution in [0.2, 0.25) is 0 Å². The molecule has 0 heterocycles. The van der Waals surface area contributed by atoms with E-state index in [1.54, 1.807) is 6.08 Å². The maximum absolute atomic E-state index is 8.26. The van der Waals surface area contributed by atoms with Gasteiger partial charge in [0.15, 0.2) is 0 Å². The molecule has 0 radical (unpaired) electrons. The summed E-state index contributed by atoms with van der Waals surface area (Å²) < 4.78 is 0. The average Bonchev–Trinajstić information content (AvgIpc) is 1.91. The van der Waals surface area contributed by atoms with Crippen LogP contribution >= 0.6 is 0 Å². The normalized spacial score (nSPS) is 21.9. The van der Waals surface area contributed by atoms with Crippen molar-refractivity contribution < 1.29 is 0 Å². The van der Waals surface area contributed by atoms with Crippen LogP contribution in [0.15, 0.2) is 23.8 Å². The van der Waals surface area contributed by atoms with Gasteiger partial charge in [-0.3, -0.25) is 0 Å². The van der Waals surface area contributed by atoms with Gasteiger partial charge in [-0.1, -0.05) is 12.2 Å². The van der Waals surface area contributed by atoms with Crippen molar-refractivity contribution in [3.8, 4) is 6.07 Å². The van der Waals surface area contributed by atoms with Gasteiger partial charge in [-0.25, -0.2) is 0 Å². The third kappa shape index (κ3) is 1.73. The van der Waals surface area contributed by atoms with Crippen molar-refractivity contribution in [2.24, 2.45) is 0 Å². The first-order chi connectivity index (χ1) is 4.43. The van der Waals surface area contributed by atoms with E-state index in [1.807, 2.05) is 12.1 Å². The minimum atomic E-state index is 1.07. The summed E-state index contributed by atoms with van der Waals surface area (Å²) in [7, 11) is 0. The van der Waals surface area contributed by atoms with Gasteiger partial charge in [-0.2, -0.15) is 5.26 Å². The molecular weight excluding hydrogens is 110 g/mol. The van der Waals surface area contributed by atoms with Crippen molar-refractivity contribution in [3.05, 3.63) is 23.8 Å². The molecule has 1 rings (SSSR count). The quantitative estimate of drug-likeness (QED) is 0.448. The lowest BCUT2D eigenvalue weighted by Gasteiger charge is -2.03. The van der Waals surface area contributed by atoms with Gasteiger partial charge < -0.3 is 0 Å². The molecule has 0 bridgehead atoms. The van der Waals surface area contributed by atoms with Crippen LogP contribution in [0, 0.1) is 11.3 Å². The van der Waals surface area contributed by atoms with E-state index >= 15 is 0 Å². The molecule has 0 fully saturated rings. The fraction of sp³-hybridized carbons (Fsp3) is 0.375. The van der Waals surface area contributed by atoms with Crippen LogP contribution < -0.4 is 0 Å². The minimum absolute atomic E-state index is 1.07. The zero-order chi connectivity index (χ0) is 6.53. The van der Waals surface area contributed by atoms with Gasteiger partial charge in [0.25, 0.3) is 0 Å². The van der Waals surface area contributed by atoms with Gasteiger partial charge in [0, 0.05) is 6.08 Å². The molecular formula is C8H9N. The van der Waals surface area contributed by atoms with Gasteiger partial charge in [-0.15, -0.1) is 0 Å². The zero-order valence-electron chi connectivity index (χ0n) is 5.30. The first-order valence-electron chi connectivity index (χ1n) is 3.18. The number of nitriles is 1. The van der Waals surface area contributed by atoms with Gasteiger partial charge in [0.05, 0.1) is 6.07 Å². The SMILES string of the molecule is N#C/C=C1/C=CCCC1. The van der Waals surface area contributed by atoms with Gasteiger partial charge in [-0.05, 0) is 24.8 Å². The van der Waals surface area contributed by atoms with Crippen molar-refractivity contribution in [2.45, 2.75) is 19.3 Å². The van der Waals surface area contributed by atoms with Crippen LogP contribution in [0.3, 0.4) is 0 Å². The summed E-state index contributed by atoms with van der Waals surface area (Å²) in [6, 6.07) is 2.02. The molecule has 0 unspecified atom stereocenters. The van der Waals surface area contributed by atoms with Crippen LogP contribution in [0.25, 0.3) is 0 Å². The van der Waals surface area contributed by atoms with Crippen LogP contribution in [0.5, 0.6) is 0 Å². The van der Waals surface area contributed by atoms with E-state index in [1.165, 1.54) is 18.4 Å². The van der Waals surface area contributed by atoms with E-state index in [4.69, 9.17) is 5.26 Å². The molecule has 0 atom stereocenters. The second-order valence-corrected chi connectivity index (χ2v) is 2.14. The van der Waals surface area contributed by atoms with Gasteiger partial charge in [0.1, 0.15) is 0 Å². The Morgan fingerprint density at radius 2 is 2.56 bits per heavy atom. The van der Waals surface area contributed by atoms with Crippen molar-refractivity contribution in [2.75, 3.05) is 0 Å². The fourth-order valence-corrected chi connectivity index (χ4v) is 0.945. The van der Waals surface area contributed by atoms with Gasteiger partial charge >= 0.3 is 0 Å². The lowest BCUT2D eigenvalue weighted by atomic mass is 10.0. The summed E-state index contributed by atoms with van der Waals surface area (Å²) in [6.45, 7) is 0. The van der Waals surface area contributed by atoms with E-state index < -0.39 is 0 Å². The molecule has 0 amide bonds. The van der Waals surface area contributed by atoms with Crippen molar-refractivity contribution >= 4 is 0 Å². The Morgan fingerprint density at radius 1 is 1.67 bits per heavy atom. The largest absolute Gasteiger partial charge is 0.193 e. The maximum Gasteiger partial charge on any atom is 0.0914 e. The molecule has 0 saturated heterocycles. The summed E-state index contributed by atoms with van der Waals surface area (Å²) in [4.78, 5) is 0. The highest BCUT2D eigenvalue weighted by Crippen LogP contribution is 2.14. The zero-order valence-corrected chi connectivity index (χ0v) is 5.30. The number of allylic oxidation sites excluding steroid dienone is 4. The molecule has 0 saturated carbocycles. The van der Waals surface area contributed by atoms with Crippen molar-refractivity contribution in [1.82, 2.24) is 0 Å². The highest BCUT2D eigenvalue weighted by atomic mass is 14.2.